The lowest BCUT2D eigenvalue weighted by Crippen LogP contribution is -2.51. The van der Waals surface area contributed by atoms with Crippen molar-refractivity contribution < 1.29 is 13.2 Å². The third-order valence-corrected chi connectivity index (χ3v) is 7.49. The van der Waals surface area contributed by atoms with E-state index in [1.165, 1.54) is 23.6 Å². The molecule has 1 saturated carbocycles. The number of rotatable bonds is 6. The average Bonchev–Trinajstić information content (AvgIpc) is 3.10. The second kappa shape index (κ2) is 9.67. The summed E-state index contributed by atoms with van der Waals surface area (Å²) in [5.41, 5.74) is 1.11. The van der Waals surface area contributed by atoms with E-state index in [1.807, 2.05) is 12.1 Å². The Bertz CT molecular complexity index is 691. The molecule has 2 N–H and O–H groups in total. The Labute approximate surface area is 169 Å². The van der Waals surface area contributed by atoms with Gasteiger partial charge in [0.25, 0.3) is 0 Å². The maximum absolute atomic E-state index is 12.2. The fourth-order valence-electron chi connectivity index (χ4n) is 4.09. The highest BCUT2D eigenvalue weighted by Crippen LogP contribution is 2.31. The average molecular weight is 418 g/mol. The maximum atomic E-state index is 12.2. The minimum Gasteiger partial charge on any atom is -0.379 e. The molecule has 0 spiro atoms. The minimum atomic E-state index is -3.37. The van der Waals surface area contributed by atoms with Crippen molar-refractivity contribution in [2.75, 3.05) is 33.9 Å². The molecule has 1 aliphatic carbocycles. The van der Waals surface area contributed by atoms with Crippen LogP contribution in [0, 0.1) is 5.92 Å². The van der Waals surface area contributed by atoms with E-state index in [0.29, 0.717) is 22.9 Å². The van der Waals surface area contributed by atoms with Gasteiger partial charge in [0, 0.05) is 38.8 Å². The number of ether oxygens (including phenoxy) is 1. The van der Waals surface area contributed by atoms with E-state index in [-0.39, 0.29) is 18.4 Å². The molecule has 3 rings (SSSR count). The van der Waals surface area contributed by atoms with Gasteiger partial charge in [-0.25, -0.2) is 12.7 Å². The van der Waals surface area contributed by atoms with Crippen LogP contribution >= 0.6 is 12.4 Å². The number of sulfonamides is 1. The van der Waals surface area contributed by atoms with Crippen LogP contribution in [0.3, 0.4) is 0 Å². The second-order valence-electron chi connectivity index (χ2n) is 7.58. The zero-order valence-electron chi connectivity index (χ0n) is 16.3. The van der Waals surface area contributed by atoms with Crippen molar-refractivity contribution in [1.29, 1.82) is 0 Å². The number of halogens is 1. The molecule has 6 nitrogen and oxygen atoms in total. The summed E-state index contributed by atoms with van der Waals surface area (Å²) in [4.78, 5) is 0.334. The molecule has 1 aromatic rings. The number of hydrogen-bond acceptors (Lipinski definition) is 5. The highest BCUT2D eigenvalue weighted by Gasteiger charge is 2.35. The van der Waals surface area contributed by atoms with Crippen LogP contribution in [0.15, 0.2) is 29.2 Å². The van der Waals surface area contributed by atoms with Gasteiger partial charge in [0.1, 0.15) is 0 Å². The van der Waals surface area contributed by atoms with Gasteiger partial charge in [-0.2, -0.15) is 0 Å². The van der Waals surface area contributed by atoms with Gasteiger partial charge >= 0.3 is 0 Å². The van der Waals surface area contributed by atoms with Crippen LogP contribution in [0.4, 0.5) is 0 Å². The van der Waals surface area contributed by atoms with Crippen molar-refractivity contribution in [2.45, 2.75) is 49.2 Å². The first-order valence-electron chi connectivity index (χ1n) is 9.49. The molecule has 4 unspecified atom stereocenters. The normalized spacial score (nSPS) is 27.3. The zero-order chi connectivity index (χ0) is 18.7. The van der Waals surface area contributed by atoms with Gasteiger partial charge in [-0.3, -0.25) is 0 Å². The fraction of sp³-hybridized carbons (Fsp3) is 0.684. The third kappa shape index (κ3) is 5.22. The largest absolute Gasteiger partial charge is 0.379 e. The Morgan fingerprint density at radius 3 is 2.52 bits per heavy atom. The summed E-state index contributed by atoms with van der Waals surface area (Å²) in [7, 11) is -0.270. The van der Waals surface area contributed by atoms with Gasteiger partial charge < -0.3 is 15.4 Å². The molecule has 0 bridgehead atoms. The molecule has 0 aromatic heterocycles. The molecule has 0 amide bonds. The summed E-state index contributed by atoms with van der Waals surface area (Å²) in [6.45, 7) is 4.69. The summed E-state index contributed by atoms with van der Waals surface area (Å²) in [5, 5.41) is 7.37. The predicted octanol–water partition coefficient (Wildman–Crippen LogP) is 2.17. The molecule has 2 fully saturated rings. The number of morpholine rings is 1. The van der Waals surface area contributed by atoms with Gasteiger partial charge in [0.2, 0.25) is 10.0 Å². The van der Waals surface area contributed by atoms with Crippen LogP contribution in [0.5, 0.6) is 0 Å². The Kier molecular flexibility index (Phi) is 8.09. The number of nitrogens with zero attached hydrogens (tertiary/aromatic N) is 1. The van der Waals surface area contributed by atoms with Gasteiger partial charge in [-0.1, -0.05) is 18.6 Å². The number of benzene rings is 1. The fourth-order valence-corrected chi connectivity index (χ4v) is 5.00. The summed E-state index contributed by atoms with van der Waals surface area (Å²) in [6, 6.07) is 8.32. The van der Waals surface area contributed by atoms with Gasteiger partial charge in [-0.15, -0.1) is 12.4 Å². The van der Waals surface area contributed by atoms with E-state index in [9.17, 15) is 8.42 Å². The van der Waals surface area contributed by atoms with E-state index in [2.05, 4.69) is 17.6 Å². The topological polar surface area (TPSA) is 70.7 Å². The van der Waals surface area contributed by atoms with Crippen LogP contribution in [0.1, 0.15) is 37.8 Å². The summed E-state index contributed by atoms with van der Waals surface area (Å²) in [5.74, 6) is 0.589. The first kappa shape index (κ1) is 22.6. The SMILES string of the molecule is CC(NC1CCCC1C1COCCN1)c1ccc(S(=O)(=O)N(C)C)cc1.Cl. The number of hydrogen-bond donors (Lipinski definition) is 2. The molecule has 27 heavy (non-hydrogen) atoms. The summed E-state index contributed by atoms with van der Waals surface area (Å²) < 4.78 is 31.3. The van der Waals surface area contributed by atoms with Crippen molar-refractivity contribution in [3.8, 4) is 0 Å². The van der Waals surface area contributed by atoms with E-state index in [4.69, 9.17) is 4.74 Å². The Hall–Kier alpha value is -0.700. The molecular weight excluding hydrogens is 386 g/mol. The predicted molar refractivity (Wildman–Crippen MR) is 110 cm³/mol. The quantitative estimate of drug-likeness (QED) is 0.742. The first-order chi connectivity index (χ1) is 12.4. The smallest absolute Gasteiger partial charge is 0.242 e. The van der Waals surface area contributed by atoms with Crippen LogP contribution in [0.2, 0.25) is 0 Å². The minimum absolute atomic E-state index is 0. The third-order valence-electron chi connectivity index (χ3n) is 5.66. The Morgan fingerprint density at radius 2 is 1.93 bits per heavy atom. The highest BCUT2D eigenvalue weighted by atomic mass is 35.5. The molecular formula is C19H32ClN3O3S. The van der Waals surface area contributed by atoms with Crippen molar-refractivity contribution in [1.82, 2.24) is 14.9 Å². The zero-order valence-corrected chi connectivity index (χ0v) is 18.0. The standard InChI is InChI=1S/C19H31N3O3S.ClH/c1-14(15-7-9-16(10-8-15)26(23,24)22(2)3)21-18-6-4-5-17(18)19-13-25-12-11-20-19;/h7-10,14,17-21H,4-6,11-13H2,1-3H3;1H. The van der Waals surface area contributed by atoms with Gasteiger partial charge in [0.05, 0.1) is 18.1 Å². The van der Waals surface area contributed by atoms with Crippen molar-refractivity contribution in [3.05, 3.63) is 29.8 Å². The molecule has 4 atom stereocenters. The maximum Gasteiger partial charge on any atom is 0.242 e. The van der Waals surface area contributed by atoms with E-state index >= 15 is 0 Å². The highest BCUT2D eigenvalue weighted by molar-refractivity contribution is 7.89. The van der Waals surface area contributed by atoms with E-state index < -0.39 is 10.0 Å². The molecule has 1 heterocycles. The Morgan fingerprint density at radius 1 is 1.22 bits per heavy atom. The van der Waals surface area contributed by atoms with Crippen molar-refractivity contribution in [2.24, 2.45) is 5.92 Å². The summed E-state index contributed by atoms with van der Waals surface area (Å²) in [6.07, 6.45) is 3.65. The lowest BCUT2D eigenvalue weighted by atomic mass is 9.93. The number of nitrogens with one attached hydrogen (secondary N) is 2. The van der Waals surface area contributed by atoms with Crippen molar-refractivity contribution in [3.63, 3.8) is 0 Å². The van der Waals surface area contributed by atoms with Crippen LogP contribution in [-0.4, -0.2) is 58.7 Å². The van der Waals surface area contributed by atoms with Crippen LogP contribution < -0.4 is 10.6 Å². The lowest BCUT2D eigenvalue weighted by molar-refractivity contribution is 0.0518. The second-order valence-corrected chi connectivity index (χ2v) is 9.73. The Balaban J connectivity index is 0.00000261. The lowest BCUT2D eigenvalue weighted by Gasteiger charge is -2.34. The first-order valence-corrected chi connectivity index (χ1v) is 10.9. The van der Waals surface area contributed by atoms with Gasteiger partial charge in [-0.05, 0) is 43.4 Å². The molecule has 8 heteroatoms. The molecule has 1 aliphatic heterocycles. The molecule has 2 aliphatic rings. The van der Waals surface area contributed by atoms with E-state index in [1.54, 1.807) is 26.2 Å². The molecule has 1 saturated heterocycles. The molecule has 1 aromatic carbocycles. The molecule has 154 valence electrons. The van der Waals surface area contributed by atoms with Crippen LogP contribution in [-0.2, 0) is 14.8 Å². The van der Waals surface area contributed by atoms with Crippen molar-refractivity contribution >= 4 is 22.4 Å². The van der Waals surface area contributed by atoms with Gasteiger partial charge in [0.15, 0.2) is 0 Å². The van der Waals surface area contributed by atoms with E-state index in [0.717, 1.165) is 25.3 Å². The monoisotopic (exact) mass is 417 g/mol. The molecule has 0 radical (unpaired) electrons. The summed E-state index contributed by atoms with van der Waals surface area (Å²) >= 11 is 0. The van der Waals surface area contributed by atoms with Crippen LogP contribution in [0.25, 0.3) is 0 Å².